The van der Waals surface area contributed by atoms with Gasteiger partial charge in [0.05, 0.1) is 6.04 Å². The highest BCUT2D eigenvalue weighted by Crippen LogP contribution is 2.20. The number of carbonyl (C=O) groups is 1. The van der Waals surface area contributed by atoms with Gasteiger partial charge in [-0.2, -0.15) is 5.10 Å². The fraction of sp³-hybridized carbons (Fsp3) is 0.318. The molecule has 0 aliphatic carbocycles. The first-order chi connectivity index (χ1) is 13.5. The molecular weight excluding hydrogens is 368 g/mol. The molecule has 2 aromatic carbocycles. The number of benzene rings is 2. The first-order valence-electron chi connectivity index (χ1n) is 9.56. The van der Waals surface area contributed by atoms with Crippen LogP contribution in [0.2, 0.25) is 0 Å². The first kappa shape index (κ1) is 20.0. The van der Waals surface area contributed by atoms with Crippen LogP contribution in [-0.2, 0) is 11.3 Å². The van der Waals surface area contributed by atoms with Crippen molar-refractivity contribution < 1.29 is 4.79 Å². The maximum absolute atomic E-state index is 12.6. The van der Waals surface area contributed by atoms with Crippen molar-refractivity contribution in [3.8, 4) is 11.4 Å². The molecule has 0 spiro atoms. The molecule has 0 radical (unpaired) electrons. The topological polar surface area (TPSA) is 62.7 Å². The van der Waals surface area contributed by atoms with E-state index in [9.17, 15) is 4.79 Å². The number of hydrogen-bond donors (Lipinski definition) is 2. The van der Waals surface area contributed by atoms with Gasteiger partial charge in [-0.05, 0) is 44.1 Å². The zero-order chi connectivity index (χ0) is 20.1. The molecule has 1 aromatic heterocycles. The zero-order valence-electron chi connectivity index (χ0n) is 16.5. The fourth-order valence-corrected chi connectivity index (χ4v) is 3.45. The Morgan fingerprint density at radius 2 is 1.93 bits per heavy atom. The van der Waals surface area contributed by atoms with E-state index < -0.39 is 0 Å². The number of nitrogens with one attached hydrogen (secondary N) is 2. The normalized spacial score (nSPS) is 12.0. The largest absolute Gasteiger partial charge is 0.349 e. The minimum atomic E-state index is 0.00529. The number of carbonyl (C=O) groups excluding carboxylic acids is 1. The molecule has 0 saturated heterocycles. The lowest BCUT2D eigenvalue weighted by Crippen LogP contribution is -2.29. The lowest BCUT2D eigenvalue weighted by molar-refractivity contribution is -0.122. The summed E-state index contributed by atoms with van der Waals surface area (Å²) in [5.74, 6) is 0.762. The second kappa shape index (κ2) is 8.97. The van der Waals surface area contributed by atoms with Gasteiger partial charge in [0.25, 0.3) is 0 Å². The quantitative estimate of drug-likeness (QED) is 0.561. The molecule has 0 aliphatic rings. The molecule has 6 heteroatoms. The summed E-state index contributed by atoms with van der Waals surface area (Å²) in [4.78, 5) is 12.6. The third kappa shape index (κ3) is 4.75. The lowest BCUT2D eigenvalue weighted by atomic mass is 10.0. The second-order valence-electron chi connectivity index (χ2n) is 7.06. The van der Waals surface area contributed by atoms with E-state index in [1.54, 1.807) is 0 Å². The second-order valence-corrected chi connectivity index (χ2v) is 7.45. The maximum atomic E-state index is 12.6. The number of H-pyrrole nitrogens is 1. The van der Waals surface area contributed by atoms with Gasteiger partial charge in [-0.1, -0.05) is 60.5 Å². The standard InChI is InChI=1S/C22H26N4OS/c1-4-19(17-10-8-15(2)9-11-17)23-20(27)12-13-26-21(24-25-22(26)28)18-7-5-6-16(3)14-18/h5-11,14,19H,4,12-13H2,1-3H3,(H,23,27)(H,25,28). The third-order valence-electron chi connectivity index (χ3n) is 4.82. The predicted molar refractivity (Wildman–Crippen MR) is 115 cm³/mol. The fourth-order valence-electron chi connectivity index (χ4n) is 3.23. The van der Waals surface area contributed by atoms with Crippen LogP contribution in [0.4, 0.5) is 0 Å². The molecule has 1 unspecified atom stereocenters. The Labute approximate surface area is 170 Å². The van der Waals surface area contributed by atoms with Crippen LogP contribution in [0.3, 0.4) is 0 Å². The Morgan fingerprint density at radius 3 is 2.61 bits per heavy atom. The van der Waals surface area contributed by atoms with Crippen LogP contribution in [-0.4, -0.2) is 20.7 Å². The predicted octanol–water partition coefficient (Wildman–Crippen LogP) is 4.88. The molecule has 0 saturated carbocycles. The van der Waals surface area contributed by atoms with Crippen LogP contribution >= 0.6 is 12.2 Å². The molecule has 5 nitrogen and oxygen atoms in total. The van der Waals surface area contributed by atoms with Gasteiger partial charge in [-0.15, -0.1) is 0 Å². The Kier molecular flexibility index (Phi) is 6.41. The van der Waals surface area contributed by atoms with Gasteiger partial charge in [0.1, 0.15) is 0 Å². The van der Waals surface area contributed by atoms with Crippen molar-refractivity contribution in [2.75, 3.05) is 0 Å². The highest BCUT2D eigenvalue weighted by atomic mass is 32.1. The van der Waals surface area contributed by atoms with Crippen molar-refractivity contribution in [2.45, 2.75) is 46.2 Å². The Bertz CT molecular complexity index is 1000. The zero-order valence-corrected chi connectivity index (χ0v) is 17.3. The summed E-state index contributed by atoms with van der Waals surface area (Å²) >= 11 is 5.37. The van der Waals surface area contributed by atoms with E-state index in [1.165, 1.54) is 5.56 Å². The van der Waals surface area contributed by atoms with E-state index in [0.717, 1.165) is 28.9 Å². The third-order valence-corrected chi connectivity index (χ3v) is 5.13. The molecule has 3 rings (SSSR count). The van der Waals surface area contributed by atoms with Gasteiger partial charge in [0.2, 0.25) is 5.91 Å². The summed E-state index contributed by atoms with van der Waals surface area (Å²) < 4.78 is 2.41. The summed E-state index contributed by atoms with van der Waals surface area (Å²) in [7, 11) is 0. The maximum Gasteiger partial charge on any atom is 0.222 e. The van der Waals surface area contributed by atoms with Gasteiger partial charge in [0, 0.05) is 18.5 Å². The Morgan fingerprint density at radius 1 is 1.18 bits per heavy atom. The van der Waals surface area contributed by atoms with Crippen LogP contribution in [0.1, 0.15) is 42.5 Å². The van der Waals surface area contributed by atoms with Crippen molar-refractivity contribution in [1.82, 2.24) is 20.1 Å². The average molecular weight is 395 g/mol. The van der Waals surface area contributed by atoms with E-state index in [4.69, 9.17) is 12.2 Å². The molecular formula is C22H26N4OS. The van der Waals surface area contributed by atoms with Crippen molar-refractivity contribution in [3.05, 3.63) is 70.0 Å². The molecule has 28 heavy (non-hydrogen) atoms. The highest BCUT2D eigenvalue weighted by molar-refractivity contribution is 7.71. The van der Waals surface area contributed by atoms with Gasteiger partial charge in [-0.3, -0.25) is 14.5 Å². The molecule has 1 amide bonds. The van der Waals surface area contributed by atoms with Gasteiger partial charge >= 0.3 is 0 Å². The van der Waals surface area contributed by atoms with Crippen molar-refractivity contribution in [1.29, 1.82) is 0 Å². The molecule has 0 bridgehead atoms. The van der Waals surface area contributed by atoms with E-state index in [1.807, 2.05) is 29.7 Å². The Hall–Kier alpha value is -2.73. The molecule has 3 aromatic rings. The Balaban J connectivity index is 1.69. The van der Waals surface area contributed by atoms with Crippen LogP contribution in [0, 0.1) is 18.6 Å². The summed E-state index contributed by atoms with van der Waals surface area (Å²) in [5, 5.41) is 10.3. The van der Waals surface area contributed by atoms with E-state index in [2.05, 4.69) is 59.7 Å². The summed E-state index contributed by atoms with van der Waals surface area (Å²) in [6.45, 7) is 6.66. The lowest BCUT2D eigenvalue weighted by Gasteiger charge is -2.18. The molecule has 2 N–H and O–H groups in total. The van der Waals surface area contributed by atoms with Crippen LogP contribution in [0.15, 0.2) is 48.5 Å². The molecule has 0 fully saturated rings. The minimum absolute atomic E-state index is 0.00529. The smallest absolute Gasteiger partial charge is 0.222 e. The van der Waals surface area contributed by atoms with Gasteiger partial charge in [-0.25, -0.2) is 0 Å². The van der Waals surface area contributed by atoms with Crippen molar-refractivity contribution in [3.63, 3.8) is 0 Å². The summed E-state index contributed by atoms with van der Waals surface area (Å²) in [6.07, 6.45) is 1.18. The van der Waals surface area contributed by atoms with E-state index in [-0.39, 0.29) is 11.9 Å². The SMILES string of the molecule is CCC(NC(=O)CCn1c(-c2cccc(C)c2)n[nH]c1=S)c1ccc(C)cc1. The first-order valence-corrected chi connectivity index (χ1v) is 9.97. The van der Waals surface area contributed by atoms with Crippen LogP contribution in [0.25, 0.3) is 11.4 Å². The van der Waals surface area contributed by atoms with Gasteiger partial charge in [0.15, 0.2) is 10.6 Å². The number of aryl methyl sites for hydroxylation is 2. The number of nitrogens with zero attached hydrogens (tertiary/aromatic N) is 2. The van der Waals surface area contributed by atoms with Crippen LogP contribution < -0.4 is 5.32 Å². The molecule has 1 heterocycles. The number of rotatable bonds is 7. The van der Waals surface area contributed by atoms with Gasteiger partial charge < -0.3 is 5.32 Å². The molecule has 1 atom stereocenters. The van der Waals surface area contributed by atoms with Crippen molar-refractivity contribution >= 4 is 18.1 Å². The number of amides is 1. The van der Waals surface area contributed by atoms with E-state index in [0.29, 0.717) is 17.7 Å². The molecule has 0 aliphatic heterocycles. The van der Waals surface area contributed by atoms with Crippen molar-refractivity contribution in [2.24, 2.45) is 0 Å². The molecule has 146 valence electrons. The minimum Gasteiger partial charge on any atom is -0.349 e. The van der Waals surface area contributed by atoms with E-state index >= 15 is 0 Å². The number of hydrogen-bond acceptors (Lipinski definition) is 3. The average Bonchev–Trinajstić information content (AvgIpc) is 3.06. The number of aromatic nitrogens is 3. The monoisotopic (exact) mass is 394 g/mol. The summed E-state index contributed by atoms with van der Waals surface area (Å²) in [5.41, 5.74) is 4.48. The summed E-state index contributed by atoms with van der Waals surface area (Å²) in [6, 6.07) is 16.4. The number of aromatic amines is 1. The highest BCUT2D eigenvalue weighted by Gasteiger charge is 2.14. The van der Waals surface area contributed by atoms with Crippen LogP contribution in [0.5, 0.6) is 0 Å².